The summed E-state index contributed by atoms with van der Waals surface area (Å²) in [6.45, 7) is 0.411. The van der Waals surface area contributed by atoms with Gasteiger partial charge in [-0.05, 0) is 62.8 Å². The predicted molar refractivity (Wildman–Crippen MR) is 96.7 cm³/mol. The number of hydrogen-bond donors (Lipinski definition) is 3. The highest BCUT2D eigenvalue weighted by molar-refractivity contribution is 7.89. The molecule has 1 amide bonds. The van der Waals surface area contributed by atoms with E-state index in [-0.39, 0.29) is 16.8 Å². The summed E-state index contributed by atoms with van der Waals surface area (Å²) in [6, 6.07) is 7.00. The van der Waals surface area contributed by atoms with Crippen LogP contribution in [-0.4, -0.2) is 33.0 Å². The van der Waals surface area contributed by atoms with E-state index in [0.29, 0.717) is 18.3 Å². The Labute approximate surface area is 149 Å². The number of benzene rings is 1. The van der Waals surface area contributed by atoms with Crippen LogP contribution in [0.1, 0.15) is 51.4 Å². The van der Waals surface area contributed by atoms with Gasteiger partial charge < -0.3 is 10.6 Å². The summed E-state index contributed by atoms with van der Waals surface area (Å²) in [5, 5.41) is 4.98. The maximum absolute atomic E-state index is 12.1. The zero-order valence-corrected chi connectivity index (χ0v) is 15.4. The molecule has 0 aromatic heterocycles. The first-order valence-electron chi connectivity index (χ1n) is 9.28. The number of carbonyl (C=O) groups is 1. The second-order valence-electron chi connectivity index (χ2n) is 7.16. The third kappa shape index (κ3) is 5.80. The van der Waals surface area contributed by atoms with Gasteiger partial charge in [-0.15, -0.1) is 0 Å². The van der Waals surface area contributed by atoms with Crippen LogP contribution in [0.3, 0.4) is 0 Å². The van der Waals surface area contributed by atoms with E-state index in [1.54, 1.807) is 12.1 Å². The Balaban J connectivity index is 1.47. The summed E-state index contributed by atoms with van der Waals surface area (Å²) in [6.07, 6.45) is 9.32. The van der Waals surface area contributed by atoms with Crippen molar-refractivity contribution in [1.82, 2.24) is 4.72 Å². The maximum Gasteiger partial charge on any atom is 0.279 e. The van der Waals surface area contributed by atoms with Crippen molar-refractivity contribution < 1.29 is 18.5 Å². The van der Waals surface area contributed by atoms with Crippen LogP contribution in [0.25, 0.3) is 0 Å². The Morgan fingerprint density at radius 3 is 2.24 bits per heavy atom. The highest BCUT2D eigenvalue weighted by Gasteiger charge is 2.27. The number of anilines is 1. The predicted octanol–water partition coefficient (Wildman–Crippen LogP) is 1.35. The molecule has 0 atom stereocenters. The van der Waals surface area contributed by atoms with Crippen molar-refractivity contribution in [1.29, 1.82) is 0 Å². The van der Waals surface area contributed by atoms with Crippen LogP contribution in [0.5, 0.6) is 0 Å². The van der Waals surface area contributed by atoms with Gasteiger partial charge in [-0.2, -0.15) is 0 Å². The molecule has 3 rings (SSSR count). The van der Waals surface area contributed by atoms with Crippen molar-refractivity contribution in [2.75, 3.05) is 11.9 Å². The van der Waals surface area contributed by atoms with Crippen molar-refractivity contribution in [2.24, 2.45) is 0 Å². The topological polar surface area (TPSA) is 91.9 Å². The monoisotopic (exact) mass is 366 g/mol. The fraction of sp³-hybridized carbons (Fsp3) is 0.611. The minimum atomic E-state index is -3.44. The number of rotatable bonds is 7. The molecule has 0 unspecified atom stereocenters. The molecule has 2 fully saturated rings. The van der Waals surface area contributed by atoms with Crippen molar-refractivity contribution in [2.45, 2.75) is 68.3 Å². The summed E-state index contributed by atoms with van der Waals surface area (Å²) in [4.78, 5) is 12.3. The summed E-state index contributed by atoms with van der Waals surface area (Å²) in [5.74, 6) is -0.0454. The van der Waals surface area contributed by atoms with Crippen LogP contribution in [0.4, 0.5) is 5.69 Å². The standard InChI is InChI=1S/C18H27N3O3S/c22-18(13-19-14-5-3-1-2-4-6-14)20-15-9-11-17(12-10-15)25(23,24)21-16-7-8-16/h9-12,14,16,19,21H,1-8,13H2,(H,20,22)/p+1. The molecule has 138 valence electrons. The quantitative estimate of drug-likeness (QED) is 0.636. The zero-order chi connectivity index (χ0) is 17.7. The second-order valence-corrected chi connectivity index (χ2v) is 8.87. The largest absolute Gasteiger partial charge is 0.336 e. The summed E-state index contributed by atoms with van der Waals surface area (Å²) < 4.78 is 26.9. The molecular weight excluding hydrogens is 338 g/mol. The SMILES string of the molecule is O=C(C[NH2+]C1CCCCCC1)Nc1ccc(S(=O)(=O)NC2CC2)cc1. The molecule has 0 heterocycles. The number of sulfonamides is 1. The Kier molecular flexibility index (Phi) is 6.09. The van der Waals surface area contributed by atoms with Gasteiger partial charge in [0.25, 0.3) is 5.91 Å². The average molecular weight is 367 g/mol. The Morgan fingerprint density at radius 2 is 1.64 bits per heavy atom. The smallest absolute Gasteiger partial charge is 0.279 e. The van der Waals surface area contributed by atoms with Gasteiger partial charge in [0, 0.05) is 11.7 Å². The molecule has 0 aliphatic heterocycles. The summed E-state index contributed by atoms with van der Waals surface area (Å²) in [5.41, 5.74) is 0.629. The molecule has 6 nitrogen and oxygen atoms in total. The lowest BCUT2D eigenvalue weighted by Gasteiger charge is -2.13. The molecule has 0 bridgehead atoms. The molecule has 0 spiro atoms. The van der Waals surface area contributed by atoms with E-state index in [2.05, 4.69) is 15.4 Å². The van der Waals surface area contributed by atoms with Gasteiger partial charge in [-0.3, -0.25) is 4.79 Å². The first-order chi connectivity index (χ1) is 12.0. The van der Waals surface area contributed by atoms with E-state index in [1.807, 2.05) is 0 Å². The van der Waals surface area contributed by atoms with E-state index in [9.17, 15) is 13.2 Å². The van der Waals surface area contributed by atoms with Crippen LogP contribution in [0.15, 0.2) is 29.2 Å². The lowest BCUT2D eigenvalue weighted by atomic mass is 10.1. The van der Waals surface area contributed by atoms with Crippen LogP contribution in [0.2, 0.25) is 0 Å². The fourth-order valence-electron chi connectivity index (χ4n) is 3.24. The van der Waals surface area contributed by atoms with E-state index < -0.39 is 10.0 Å². The van der Waals surface area contributed by atoms with Crippen molar-refractivity contribution in [3.8, 4) is 0 Å². The van der Waals surface area contributed by atoms with Crippen LogP contribution in [-0.2, 0) is 14.8 Å². The average Bonchev–Trinajstić information content (AvgIpc) is 3.40. The molecule has 2 aliphatic carbocycles. The second kappa shape index (κ2) is 8.29. The molecule has 0 saturated heterocycles. The van der Waals surface area contributed by atoms with E-state index in [1.165, 1.54) is 50.7 Å². The normalized spacial score (nSPS) is 19.4. The van der Waals surface area contributed by atoms with Gasteiger partial charge >= 0.3 is 0 Å². The first kappa shape index (κ1) is 18.4. The van der Waals surface area contributed by atoms with Crippen molar-refractivity contribution in [3.63, 3.8) is 0 Å². The Morgan fingerprint density at radius 1 is 1.00 bits per heavy atom. The van der Waals surface area contributed by atoms with Crippen molar-refractivity contribution in [3.05, 3.63) is 24.3 Å². The minimum absolute atomic E-state index is 0.0454. The fourth-order valence-corrected chi connectivity index (χ4v) is 4.54. The van der Waals surface area contributed by atoms with Crippen LogP contribution >= 0.6 is 0 Å². The van der Waals surface area contributed by atoms with E-state index >= 15 is 0 Å². The zero-order valence-electron chi connectivity index (χ0n) is 14.5. The van der Waals surface area contributed by atoms with Gasteiger partial charge in [0.05, 0.1) is 10.9 Å². The van der Waals surface area contributed by atoms with Crippen LogP contribution in [0, 0.1) is 0 Å². The van der Waals surface area contributed by atoms with Gasteiger partial charge in [0.1, 0.15) is 0 Å². The van der Waals surface area contributed by atoms with Gasteiger partial charge in [0.15, 0.2) is 6.54 Å². The molecule has 4 N–H and O–H groups in total. The van der Waals surface area contributed by atoms with Gasteiger partial charge in [-0.25, -0.2) is 13.1 Å². The number of hydrogen-bond acceptors (Lipinski definition) is 3. The first-order valence-corrected chi connectivity index (χ1v) is 10.8. The van der Waals surface area contributed by atoms with Gasteiger partial charge in [-0.1, -0.05) is 12.8 Å². The number of carbonyl (C=O) groups excluding carboxylic acids is 1. The molecule has 1 aromatic carbocycles. The lowest BCUT2D eigenvalue weighted by molar-refractivity contribution is -0.680. The highest BCUT2D eigenvalue weighted by Crippen LogP contribution is 2.22. The highest BCUT2D eigenvalue weighted by atomic mass is 32.2. The molecule has 25 heavy (non-hydrogen) atoms. The van der Waals surface area contributed by atoms with E-state index in [0.717, 1.165) is 12.8 Å². The Hall–Kier alpha value is -1.44. The third-order valence-electron chi connectivity index (χ3n) is 4.88. The summed E-state index contributed by atoms with van der Waals surface area (Å²) >= 11 is 0. The third-order valence-corrected chi connectivity index (χ3v) is 6.42. The number of quaternary nitrogens is 1. The number of nitrogens with one attached hydrogen (secondary N) is 2. The van der Waals surface area contributed by atoms with Gasteiger partial charge in [0.2, 0.25) is 10.0 Å². The maximum atomic E-state index is 12.1. The number of nitrogens with two attached hydrogens (primary N) is 1. The van der Waals surface area contributed by atoms with E-state index in [4.69, 9.17) is 0 Å². The Bertz CT molecular complexity index is 676. The lowest BCUT2D eigenvalue weighted by Crippen LogP contribution is -2.91. The molecule has 7 heteroatoms. The minimum Gasteiger partial charge on any atom is -0.336 e. The number of amides is 1. The summed E-state index contributed by atoms with van der Waals surface area (Å²) in [7, 11) is -3.44. The van der Waals surface area contributed by atoms with Crippen molar-refractivity contribution >= 4 is 21.6 Å². The molecular formula is C18H28N3O3S+. The molecule has 1 aromatic rings. The van der Waals surface area contributed by atoms with Crippen LogP contribution < -0.4 is 15.4 Å². The molecule has 2 saturated carbocycles. The molecule has 0 radical (unpaired) electrons. The molecule has 2 aliphatic rings.